The van der Waals surface area contributed by atoms with Crippen LogP contribution in [0.15, 0.2) is 24.3 Å². The normalized spacial score (nSPS) is 15.5. The number of carboxylic acid groups (broad SMARTS) is 1. The van der Waals surface area contributed by atoms with Crippen LogP contribution in [0, 0.1) is 11.7 Å². The molecule has 1 aromatic rings. The van der Waals surface area contributed by atoms with E-state index in [1.54, 1.807) is 12.1 Å². The van der Waals surface area contributed by atoms with Crippen molar-refractivity contribution in [3.63, 3.8) is 0 Å². The predicted molar refractivity (Wildman–Crippen MR) is 73.7 cm³/mol. The van der Waals surface area contributed by atoms with Crippen LogP contribution in [0.25, 0.3) is 6.08 Å². The van der Waals surface area contributed by atoms with Crippen LogP contribution in [0.1, 0.15) is 24.8 Å². The molecule has 0 radical (unpaired) electrons. The first-order chi connectivity index (χ1) is 9.06. The molecule has 2 rings (SSSR count). The molecule has 102 valence electrons. The molecule has 0 atom stereocenters. The van der Waals surface area contributed by atoms with Crippen LogP contribution < -0.4 is 4.90 Å². The second kappa shape index (κ2) is 5.87. The summed E-state index contributed by atoms with van der Waals surface area (Å²) in [6.45, 7) is 0.876. The number of aliphatic carboxylic acids is 1. The highest BCUT2D eigenvalue weighted by atomic mass is 19.1. The number of carbonyl (C=O) groups is 1. The van der Waals surface area contributed by atoms with Gasteiger partial charge in [-0.25, -0.2) is 9.18 Å². The molecule has 19 heavy (non-hydrogen) atoms. The van der Waals surface area contributed by atoms with Crippen LogP contribution in [-0.2, 0) is 4.79 Å². The number of hydrogen-bond acceptors (Lipinski definition) is 2. The van der Waals surface area contributed by atoms with Gasteiger partial charge < -0.3 is 10.0 Å². The Morgan fingerprint density at radius 1 is 1.53 bits per heavy atom. The first-order valence-electron chi connectivity index (χ1n) is 6.48. The van der Waals surface area contributed by atoms with Crippen molar-refractivity contribution in [2.24, 2.45) is 5.92 Å². The monoisotopic (exact) mass is 263 g/mol. The Morgan fingerprint density at radius 2 is 2.26 bits per heavy atom. The number of anilines is 1. The Balaban J connectivity index is 2.07. The lowest BCUT2D eigenvalue weighted by Crippen LogP contribution is -2.29. The van der Waals surface area contributed by atoms with Gasteiger partial charge in [-0.3, -0.25) is 0 Å². The van der Waals surface area contributed by atoms with E-state index in [0.717, 1.165) is 12.6 Å². The predicted octanol–water partition coefficient (Wildman–Crippen LogP) is 3.16. The summed E-state index contributed by atoms with van der Waals surface area (Å²) in [7, 11) is 1.89. The van der Waals surface area contributed by atoms with Crippen LogP contribution in [-0.4, -0.2) is 24.7 Å². The first kappa shape index (κ1) is 13.6. The quantitative estimate of drug-likeness (QED) is 0.830. The average molecular weight is 263 g/mol. The lowest BCUT2D eigenvalue weighted by molar-refractivity contribution is -0.131. The lowest BCUT2D eigenvalue weighted by Gasteiger charge is -2.31. The van der Waals surface area contributed by atoms with E-state index in [0.29, 0.717) is 17.2 Å². The van der Waals surface area contributed by atoms with E-state index in [1.165, 1.54) is 31.4 Å². The molecule has 1 aliphatic rings. The summed E-state index contributed by atoms with van der Waals surface area (Å²) in [5.74, 6) is -0.670. The van der Waals surface area contributed by atoms with E-state index in [2.05, 4.69) is 0 Å². The van der Waals surface area contributed by atoms with E-state index >= 15 is 0 Å². The van der Waals surface area contributed by atoms with Crippen molar-refractivity contribution in [2.45, 2.75) is 19.3 Å². The molecule has 0 heterocycles. The smallest absolute Gasteiger partial charge is 0.328 e. The maximum absolute atomic E-state index is 14.0. The fourth-order valence-corrected chi connectivity index (χ4v) is 2.26. The van der Waals surface area contributed by atoms with Crippen LogP contribution in [0.2, 0.25) is 0 Å². The molecule has 0 spiro atoms. The Morgan fingerprint density at radius 3 is 2.79 bits per heavy atom. The highest BCUT2D eigenvalue weighted by molar-refractivity contribution is 5.85. The van der Waals surface area contributed by atoms with Crippen LogP contribution >= 0.6 is 0 Å². The van der Waals surface area contributed by atoms with E-state index in [4.69, 9.17) is 5.11 Å². The Bertz CT molecular complexity index is 495. The first-order valence-corrected chi connectivity index (χ1v) is 6.48. The molecule has 0 aliphatic heterocycles. The van der Waals surface area contributed by atoms with Crippen molar-refractivity contribution >= 4 is 17.7 Å². The molecule has 0 bridgehead atoms. The number of benzene rings is 1. The number of carboxylic acids is 1. The third kappa shape index (κ3) is 3.56. The fraction of sp³-hybridized carbons (Fsp3) is 0.400. The van der Waals surface area contributed by atoms with Crippen LogP contribution in [0.5, 0.6) is 0 Å². The number of rotatable bonds is 5. The van der Waals surface area contributed by atoms with Gasteiger partial charge in [-0.2, -0.15) is 0 Å². The molecule has 4 heteroatoms. The molecule has 0 amide bonds. The molecular weight excluding hydrogens is 245 g/mol. The van der Waals surface area contributed by atoms with Crippen molar-refractivity contribution < 1.29 is 14.3 Å². The van der Waals surface area contributed by atoms with E-state index < -0.39 is 5.97 Å². The molecule has 1 N–H and O–H groups in total. The zero-order valence-corrected chi connectivity index (χ0v) is 11.0. The van der Waals surface area contributed by atoms with E-state index in [-0.39, 0.29) is 5.82 Å². The van der Waals surface area contributed by atoms with E-state index in [9.17, 15) is 9.18 Å². The van der Waals surface area contributed by atoms with E-state index in [1.807, 2.05) is 11.9 Å². The maximum atomic E-state index is 14.0. The topological polar surface area (TPSA) is 40.5 Å². The SMILES string of the molecule is CN(CC1CCC1)c1ccc(C=CC(=O)O)cc1F. The summed E-state index contributed by atoms with van der Waals surface area (Å²) >= 11 is 0. The van der Waals surface area contributed by atoms with Gasteiger partial charge in [0.05, 0.1) is 5.69 Å². The molecule has 0 saturated heterocycles. The minimum absolute atomic E-state index is 0.311. The third-order valence-electron chi connectivity index (χ3n) is 3.56. The number of nitrogens with zero attached hydrogens (tertiary/aromatic N) is 1. The minimum Gasteiger partial charge on any atom is -0.478 e. The Hall–Kier alpha value is -1.84. The molecule has 1 saturated carbocycles. The lowest BCUT2D eigenvalue weighted by atomic mass is 9.85. The summed E-state index contributed by atoms with van der Waals surface area (Å²) in [5, 5.41) is 8.53. The van der Waals surface area contributed by atoms with Crippen molar-refractivity contribution in [3.8, 4) is 0 Å². The molecule has 3 nitrogen and oxygen atoms in total. The van der Waals surface area contributed by atoms with Crippen LogP contribution in [0.4, 0.5) is 10.1 Å². The number of hydrogen-bond donors (Lipinski definition) is 1. The summed E-state index contributed by atoms with van der Waals surface area (Å²) in [5.41, 5.74) is 1.13. The molecule has 1 aliphatic carbocycles. The number of halogens is 1. The van der Waals surface area contributed by atoms with Crippen molar-refractivity contribution in [1.82, 2.24) is 0 Å². The van der Waals surface area contributed by atoms with Gasteiger partial charge in [0.2, 0.25) is 0 Å². The van der Waals surface area contributed by atoms with Crippen LogP contribution in [0.3, 0.4) is 0 Å². The maximum Gasteiger partial charge on any atom is 0.328 e. The largest absolute Gasteiger partial charge is 0.478 e. The molecule has 0 unspecified atom stereocenters. The molecular formula is C15H18FNO2. The van der Waals surface area contributed by atoms with Crippen molar-refractivity contribution in [1.29, 1.82) is 0 Å². The Kier molecular flexibility index (Phi) is 4.20. The summed E-state index contributed by atoms with van der Waals surface area (Å²) in [6, 6.07) is 4.80. The average Bonchev–Trinajstić information content (AvgIpc) is 2.31. The summed E-state index contributed by atoms with van der Waals surface area (Å²) in [6.07, 6.45) is 6.13. The molecule has 0 aromatic heterocycles. The van der Waals surface area contributed by atoms with Gasteiger partial charge in [-0.1, -0.05) is 12.5 Å². The molecule has 1 aromatic carbocycles. The standard InChI is InChI=1S/C15H18FNO2/c1-17(10-12-3-2-4-12)14-7-5-11(9-13(14)16)6-8-15(18)19/h5-9,12H,2-4,10H2,1H3,(H,18,19). The van der Waals surface area contributed by atoms with Crippen molar-refractivity contribution in [2.75, 3.05) is 18.5 Å². The Labute approximate surface area is 112 Å². The summed E-state index contributed by atoms with van der Waals surface area (Å²) < 4.78 is 14.0. The third-order valence-corrected chi connectivity index (χ3v) is 3.56. The second-order valence-electron chi connectivity index (χ2n) is 5.06. The highest BCUT2D eigenvalue weighted by Gasteiger charge is 2.20. The zero-order valence-electron chi connectivity index (χ0n) is 11.0. The second-order valence-corrected chi connectivity index (χ2v) is 5.06. The summed E-state index contributed by atoms with van der Waals surface area (Å²) in [4.78, 5) is 12.3. The van der Waals surface area contributed by atoms with Gasteiger partial charge in [-0.15, -0.1) is 0 Å². The van der Waals surface area contributed by atoms with Gasteiger partial charge in [-0.05, 0) is 42.5 Å². The minimum atomic E-state index is -1.04. The fourth-order valence-electron chi connectivity index (χ4n) is 2.26. The molecule has 1 fully saturated rings. The van der Waals surface area contributed by atoms with Crippen molar-refractivity contribution in [3.05, 3.63) is 35.7 Å². The zero-order chi connectivity index (χ0) is 13.8. The van der Waals surface area contributed by atoms with Gasteiger partial charge in [0, 0.05) is 19.7 Å². The van der Waals surface area contributed by atoms with Gasteiger partial charge in [0.25, 0.3) is 0 Å². The van der Waals surface area contributed by atoms with Gasteiger partial charge in [0.1, 0.15) is 5.82 Å². The van der Waals surface area contributed by atoms with Gasteiger partial charge in [0.15, 0.2) is 0 Å². The van der Waals surface area contributed by atoms with Gasteiger partial charge >= 0.3 is 5.97 Å². The highest BCUT2D eigenvalue weighted by Crippen LogP contribution is 2.29.